The van der Waals surface area contributed by atoms with Gasteiger partial charge in [0.2, 0.25) is 5.91 Å². The van der Waals surface area contributed by atoms with Gasteiger partial charge in [0.1, 0.15) is 5.54 Å². The molecule has 0 unspecified atom stereocenters. The van der Waals surface area contributed by atoms with Crippen molar-refractivity contribution < 1.29 is 4.79 Å². The van der Waals surface area contributed by atoms with E-state index in [1.165, 1.54) is 17.0 Å². The molecule has 1 aliphatic carbocycles. The molecular formula is C18H27N5O. The van der Waals surface area contributed by atoms with Crippen LogP contribution in [0.5, 0.6) is 0 Å². The van der Waals surface area contributed by atoms with Crippen molar-refractivity contribution in [2.75, 3.05) is 26.3 Å². The van der Waals surface area contributed by atoms with Gasteiger partial charge >= 0.3 is 0 Å². The molecule has 24 heavy (non-hydrogen) atoms. The second kappa shape index (κ2) is 5.92. The molecule has 1 amide bonds. The van der Waals surface area contributed by atoms with Gasteiger partial charge < -0.3 is 15.1 Å². The van der Waals surface area contributed by atoms with Gasteiger partial charge in [-0.15, -0.1) is 0 Å². The van der Waals surface area contributed by atoms with Crippen molar-refractivity contribution >= 4 is 5.91 Å². The van der Waals surface area contributed by atoms with Crippen LogP contribution in [0.25, 0.3) is 0 Å². The summed E-state index contributed by atoms with van der Waals surface area (Å²) < 4.78 is 0. The lowest BCUT2D eigenvalue weighted by Gasteiger charge is -2.41. The van der Waals surface area contributed by atoms with Crippen LogP contribution in [0.3, 0.4) is 0 Å². The molecule has 0 radical (unpaired) electrons. The molecule has 4 rings (SSSR count). The minimum atomic E-state index is -0.340. The van der Waals surface area contributed by atoms with Crippen LogP contribution in [0.2, 0.25) is 0 Å². The van der Waals surface area contributed by atoms with Crippen molar-refractivity contribution in [1.82, 2.24) is 25.3 Å². The number of rotatable bonds is 3. The zero-order chi connectivity index (χ0) is 16.7. The normalized spacial score (nSPS) is 23.1. The topological polar surface area (TPSA) is 64.3 Å². The van der Waals surface area contributed by atoms with E-state index in [0.29, 0.717) is 11.8 Å². The maximum atomic E-state index is 13.3. The van der Waals surface area contributed by atoms with Crippen molar-refractivity contribution in [3.05, 3.63) is 29.2 Å². The second-order valence-corrected chi connectivity index (χ2v) is 7.72. The monoisotopic (exact) mass is 329 g/mol. The summed E-state index contributed by atoms with van der Waals surface area (Å²) in [5.41, 5.74) is 3.44. The zero-order valence-corrected chi connectivity index (χ0v) is 14.6. The van der Waals surface area contributed by atoms with Gasteiger partial charge in [0.05, 0.1) is 12.9 Å². The number of aromatic nitrogens is 2. The number of allylic oxidation sites excluding steroid dienone is 2. The molecule has 0 aromatic carbocycles. The highest BCUT2D eigenvalue weighted by Crippen LogP contribution is 2.39. The van der Waals surface area contributed by atoms with E-state index in [4.69, 9.17) is 0 Å². The molecular weight excluding hydrogens is 302 g/mol. The van der Waals surface area contributed by atoms with Crippen LogP contribution in [0, 0.1) is 5.92 Å². The number of hydrogen-bond acceptors (Lipinski definition) is 4. The first-order valence-electron chi connectivity index (χ1n) is 9.08. The number of aromatic amines is 1. The van der Waals surface area contributed by atoms with Crippen LogP contribution in [-0.2, 0) is 17.6 Å². The van der Waals surface area contributed by atoms with E-state index < -0.39 is 0 Å². The van der Waals surface area contributed by atoms with Crippen molar-refractivity contribution in [3.63, 3.8) is 0 Å². The minimum Gasteiger partial charge on any atom is -0.342 e. The second-order valence-electron chi connectivity index (χ2n) is 7.72. The Balaban J connectivity index is 1.64. The van der Waals surface area contributed by atoms with Crippen molar-refractivity contribution in [1.29, 1.82) is 0 Å². The van der Waals surface area contributed by atoms with E-state index >= 15 is 0 Å². The highest BCUT2D eigenvalue weighted by molar-refractivity contribution is 5.89. The number of H-pyrrole nitrogens is 1. The Bertz CT molecular complexity index is 656. The number of amides is 1. The van der Waals surface area contributed by atoms with Crippen LogP contribution in [0.1, 0.15) is 37.9 Å². The van der Waals surface area contributed by atoms with Gasteiger partial charge in [-0.3, -0.25) is 9.89 Å². The van der Waals surface area contributed by atoms with E-state index in [2.05, 4.69) is 45.2 Å². The quantitative estimate of drug-likeness (QED) is 0.877. The van der Waals surface area contributed by atoms with Crippen LogP contribution < -0.4 is 5.32 Å². The molecule has 1 spiro atoms. The third-order valence-electron chi connectivity index (χ3n) is 5.60. The number of nitrogens with one attached hydrogen (secondary N) is 2. The van der Waals surface area contributed by atoms with Gasteiger partial charge in [-0.2, -0.15) is 5.10 Å². The van der Waals surface area contributed by atoms with Crippen molar-refractivity contribution in [3.8, 4) is 0 Å². The molecule has 0 atom stereocenters. The summed E-state index contributed by atoms with van der Waals surface area (Å²) in [6.07, 6.45) is 7.78. The molecule has 1 aromatic rings. The molecule has 2 saturated heterocycles. The number of nitrogens with zero attached hydrogens (tertiary/aromatic N) is 3. The molecule has 3 aliphatic rings. The summed E-state index contributed by atoms with van der Waals surface area (Å²) >= 11 is 0. The Morgan fingerprint density at radius 1 is 1.33 bits per heavy atom. The summed E-state index contributed by atoms with van der Waals surface area (Å²) in [4.78, 5) is 17.8. The molecule has 6 nitrogen and oxygen atoms in total. The molecule has 6 heteroatoms. The van der Waals surface area contributed by atoms with Gasteiger partial charge in [0, 0.05) is 30.8 Å². The third-order valence-corrected chi connectivity index (χ3v) is 5.60. The predicted molar refractivity (Wildman–Crippen MR) is 92.2 cm³/mol. The van der Waals surface area contributed by atoms with E-state index in [9.17, 15) is 4.79 Å². The SMILES string of the molecule is CC(C)CN1CN(C2=CCc3[nH]ncc3C2)C2(CCNCC2)C1=O. The summed E-state index contributed by atoms with van der Waals surface area (Å²) in [6, 6.07) is 0. The Kier molecular flexibility index (Phi) is 3.87. The van der Waals surface area contributed by atoms with Crippen LogP contribution in [0.15, 0.2) is 18.0 Å². The fourth-order valence-corrected chi connectivity index (χ4v) is 4.41. The van der Waals surface area contributed by atoms with Crippen molar-refractivity contribution in [2.24, 2.45) is 5.92 Å². The highest BCUT2D eigenvalue weighted by Gasteiger charge is 2.53. The Labute approximate surface area is 143 Å². The van der Waals surface area contributed by atoms with Crippen LogP contribution >= 0.6 is 0 Å². The summed E-state index contributed by atoms with van der Waals surface area (Å²) in [7, 11) is 0. The Morgan fingerprint density at radius 2 is 2.12 bits per heavy atom. The van der Waals surface area contributed by atoms with Crippen LogP contribution in [0.4, 0.5) is 0 Å². The minimum absolute atomic E-state index is 0.330. The third kappa shape index (κ3) is 2.44. The molecule has 2 N–H and O–H groups in total. The smallest absolute Gasteiger partial charge is 0.250 e. The summed E-state index contributed by atoms with van der Waals surface area (Å²) in [5, 5.41) is 10.7. The van der Waals surface area contributed by atoms with E-state index in [-0.39, 0.29) is 5.54 Å². The number of carbonyl (C=O) groups excluding carboxylic acids is 1. The van der Waals surface area contributed by atoms with E-state index in [0.717, 1.165) is 52.0 Å². The lowest BCUT2D eigenvalue weighted by molar-refractivity contribution is -0.134. The van der Waals surface area contributed by atoms with Gasteiger partial charge in [-0.05, 0) is 37.4 Å². The van der Waals surface area contributed by atoms with Gasteiger partial charge in [-0.1, -0.05) is 19.9 Å². The number of piperidine rings is 1. The molecule has 1 aromatic heterocycles. The number of hydrogen-bond donors (Lipinski definition) is 2. The number of fused-ring (bicyclic) bond motifs is 1. The van der Waals surface area contributed by atoms with Crippen LogP contribution in [-0.4, -0.2) is 57.7 Å². The molecule has 2 fully saturated rings. The maximum Gasteiger partial charge on any atom is 0.250 e. The molecule has 2 aliphatic heterocycles. The summed E-state index contributed by atoms with van der Waals surface area (Å²) in [6.45, 7) is 7.78. The predicted octanol–water partition coefficient (Wildman–Crippen LogP) is 1.27. The molecule has 130 valence electrons. The average molecular weight is 329 g/mol. The van der Waals surface area contributed by atoms with Crippen molar-refractivity contribution in [2.45, 2.75) is 45.1 Å². The fourth-order valence-electron chi connectivity index (χ4n) is 4.41. The standard InChI is InChI=1S/C18H27N5O/c1-13(2)11-22-12-23(18(17(22)24)5-7-19-8-6-18)15-3-4-16-14(9-15)10-20-21-16/h3,10,13,19H,4-9,11-12H2,1-2H3,(H,20,21). The average Bonchev–Trinajstić information content (AvgIpc) is 3.14. The summed E-state index contributed by atoms with van der Waals surface area (Å²) in [5.74, 6) is 0.824. The Morgan fingerprint density at radius 3 is 2.88 bits per heavy atom. The van der Waals surface area contributed by atoms with E-state index in [1.807, 2.05) is 6.20 Å². The van der Waals surface area contributed by atoms with Gasteiger partial charge in [0.15, 0.2) is 0 Å². The first kappa shape index (κ1) is 15.7. The molecule has 3 heterocycles. The largest absolute Gasteiger partial charge is 0.342 e. The first-order valence-corrected chi connectivity index (χ1v) is 9.08. The highest BCUT2D eigenvalue weighted by atomic mass is 16.2. The Hall–Kier alpha value is -1.82. The number of carbonyl (C=O) groups is 1. The van der Waals surface area contributed by atoms with Gasteiger partial charge in [0.25, 0.3) is 0 Å². The molecule has 0 saturated carbocycles. The lowest BCUT2D eigenvalue weighted by Crippen LogP contribution is -2.55. The van der Waals surface area contributed by atoms with Gasteiger partial charge in [-0.25, -0.2) is 0 Å². The first-order chi connectivity index (χ1) is 11.6. The fraction of sp³-hybridized carbons (Fsp3) is 0.667. The van der Waals surface area contributed by atoms with E-state index in [1.54, 1.807) is 0 Å². The lowest BCUT2D eigenvalue weighted by atomic mass is 9.85. The molecule has 0 bridgehead atoms. The maximum absolute atomic E-state index is 13.3. The zero-order valence-electron chi connectivity index (χ0n) is 14.6.